The van der Waals surface area contributed by atoms with Crippen LogP contribution in [0.4, 0.5) is 15.8 Å². The van der Waals surface area contributed by atoms with Gasteiger partial charge < -0.3 is 10.1 Å². The summed E-state index contributed by atoms with van der Waals surface area (Å²) >= 11 is 5.84. The van der Waals surface area contributed by atoms with Gasteiger partial charge in [-0.1, -0.05) is 17.7 Å². The molecule has 0 aliphatic heterocycles. The lowest BCUT2D eigenvalue weighted by Gasteiger charge is -2.13. The predicted molar refractivity (Wildman–Crippen MR) is 90.8 cm³/mol. The number of carbonyl (C=O) groups excluding carboxylic acids is 1. The standard InChI is InChI=1S/C15H14ClFN2O4S/c1-23-13-8-9(6-7-12(13)19-24(2,21)22)18-15(20)14-10(16)4-3-5-11(14)17/h3-8,19H,1-2H3,(H,18,20). The largest absolute Gasteiger partial charge is 0.494 e. The van der Waals surface area contributed by atoms with Crippen molar-refractivity contribution in [2.45, 2.75) is 0 Å². The second kappa shape index (κ2) is 7.06. The number of hydrogen-bond donors (Lipinski definition) is 2. The topological polar surface area (TPSA) is 84.5 Å². The number of nitrogens with one attached hydrogen (secondary N) is 2. The van der Waals surface area contributed by atoms with Crippen LogP contribution in [-0.2, 0) is 10.0 Å². The summed E-state index contributed by atoms with van der Waals surface area (Å²) < 4.78 is 43.7. The van der Waals surface area contributed by atoms with Gasteiger partial charge in [-0.3, -0.25) is 9.52 Å². The molecular weight excluding hydrogens is 359 g/mol. The van der Waals surface area contributed by atoms with Crippen molar-refractivity contribution < 1.29 is 22.3 Å². The quantitative estimate of drug-likeness (QED) is 0.844. The molecule has 24 heavy (non-hydrogen) atoms. The first-order chi connectivity index (χ1) is 11.2. The molecule has 0 aliphatic carbocycles. The van der Waals surface area contributed by atoms with Gasteiger partial charge in [0.25, 0.3) is 5.91 Å². The molecule has 2 rings (SSSR count). The first kappa shape index (κ1) is 18.0. The van der Waals surface area contributed by atoms with Crippen molar-refractivity contribution in [1.82, 2.24) is 0 Å². The number of rotatable bonds is 5. The molecule has 0 fully saturated rings. The van der Waals surface area contributed by atoms with Crippen LogP contribution < -0.4 is 14.8 Å². The molecule has 0 bridgehead atoms. The Morgan fingerprint density at radius 3 is 2.54 bits per heavy atom. The molecule has 0 radical (unpaired) electrons. The van der Waals surface area contributed by atoms with Crippen molar-refractivity contribution in [2.24, 2.45) is 0 Å². The zero-order valence-electron chi connectivity index (χ0n) is 12.8. The van der Waals surface area contributed by atoms with Crippen LogP contribution in [0.1, 0.15) is 10.4 Å². The third-order valence-corrected chi connectivity index (χ3v) is 3.85. The molecule has 0 saturated heterocycles. The van der Waals surface area contributed by atoms with Crippen molar-refractivity contribution in [3.05, 3.63) is 52.8 Å². The van der Waals surface area contributed by atoms with Crippen LogP contribution >= 0.6 is 11.6 Å². The number of halogens is 2. The highest BCUT2D eigenvalue weighted by Gasteiger charge is 2.17. The summed E-state index contributed by atoms with van der Waals surface area (Å²) in [6.07, 6.45) is 1.00. The second-order valence-corrected chi connectivity index (χ2v) is 7.00. The van der Waals surface area contributed by atoms with Gasteiger partial charge >= 0.3 is 0 Å². The fraction of sp³-hybridized carbons (Fsp3) is 0.133. The van der Waals surface area contributed by atoms with E-state index in [-0.39, 0.29) is 27.7 Å². The van der Waals surface area contributed by atoms with E-state index in [4.69, 9.17) is 16.3 Å². The number of amides is 1. The zero-order chi connectivity index (χ0) is 17.9. The summed E-state index contributed by atoms with van der Waals surface area (Å²) in [5.74, 6) is -1.29. The lowest BCUT2D eigenvalue weighted by molar-refractivity contribution is 0.102. The van der Waals surface area contributed by atoms with Crippen molar-refractivity contribution in [3.8, 4) is 5.75 Å². The van der Waals surface area contributed by atoms with Gasteiger partial charge in [0, 0.05) is 11.8 Å². The number of ether oxygens (including phenoxy) is 1. The van der Waals surface area contributed by atoms with E-state index in [1.807, 2.05) is 0 Å². The van der Waals surface area contributed by atoms with Crippen LogP contribution in [0.5, 0.6) is 5.75 Å². The number of carbonyl (C=O) groups is 1. The van der Waals surface area contributed by atoms with E-state index in [0.717, 1.165) is 12.3 Å². The van der Waals surface area contributed by atoms with Crippen LogP contribution in [0, 0.1) is 5.82 Å². The van der Waals surface area contributed by atoms with Gasteiger partial charge in [0.15, 0.2) is 0 Å². The van der Waals surface area contributed by atoms with Gasteiger partial charge in [-0.25, -0.2) is 12.8 Å². The molecule has 0 atom stereocenters. The minimum absolute atomic E-state index is 0.0187. The van der Waals surface area contributed by atoms with E-state index in [9.17, 15) is 17.6 Å². The average molecular weight is 373 g/mol. The monoisotopic (exact) mass is 372 g/mol. The van der Waals surface area contributed by atoms with Crippen LogP contribution in [0.15, 0.2) is 36.4 Å². The molecule has 0 spiro atoms. The van der Waals surface area contributed by atoms with Gasteiger partial charge in [0.2, 0.25) is 10.0 Å². The normalized spacial score (nSPS) is 11.0. The Labute approximate surface area is 143 Å². The molecule has 6 nitrogen and oxygen atoms in total. The van der Waals surface area contributed by atoms with Crippen LogP contribution in [-0.4, -0.2) is 27.7 Å². The molecule has 0 aliphatic rings. The van der Waals surface area contributed by atoms with Gasteiger partial charge in [0.1, 0.15) is 11.6 Å². The fourth-order valence-corrected chi connectivity index (χ4v) is 2.78. The molecule has 0 heterocycles. The summed E-state index contributed by atoms with van der Waals surface area (Å²) in [6, 6.07) is 8.18. The molecule has 0 aromatic heterocycles. The van der Waals surface area contributed by atoms with E-state index in [0.29, 0.717) is 0 Å². The highest BCUT2D eigenvalue weighted by atomic mass is 35.5. The maximum absolute atomic E-state index is 13.8. The molecule has 0 saturated carbocycles. The molecule has 2 aromatic carbocycles. The van der Waals surface area contributed by atoms with Crippen LogP contribution in [0.25, 0.3) is 0 Å². The van der Waals surface area contributed by atoms with Gasteiger partial charge in [0.05, 0.1) is 29.6 Å². The molecule has 2 N–H and O–H groups in total. The molecule has 9 heteroatoms. The summed E-state index contributed by atoms with van der Waals surface area (Å²) in [6.45, 7) is 0. The SMILES string of the molecule is COc1cc(NC(=O)c2c(F)cccc2Cl)ccc1NS(C)(=O)=O. The van der Waals surface area contributed by atoms with Crippen molar-refractivity contribution in [3.63, 3.8) is 0 Å². The summed E-state index contributed by atoms with van der Waals surface area (Å²) in [5, 5.41) is 2.47. The number of sulfonamides is 1. The van der Waals surface area contributed by atoms with Crippen LogP contribution in [0.3, 0.4) is 0 Å². The van der Waals surface area contributed by atoms with E-state index < -0.39 is 21.7 Å². The number of anilines is 2. The van der Waals surface area contributed by atoms with E-state index in [1.165, 1.54) is 37.4 Å². The third-order valence-electron chi connectivity index (χ3n) is 2.94. The minimum atomic E-state index is -3.48. The lowest BCUT2D eigenvalue weighted by Crippen LogP contribution is -2.15. The smallest absolute Gasteiger partial charge is 0.260 e. The number of methoxy groups -OCH3 is 1. The highest BCUT2D eigenvalue weighted by Crippen LogP contribution is 2.29. The van der Waals surface area contributed by atoms with Crippen molar-refractivity contribution >= 4 is 38.9 Å². The second-order valence-electron chi connectivity index (χ2n) is 4.84. The Morgan fingerprint density at radius 1 is 1.25 bits per heavy atom. The molecule has 2 aromatic rings. The number of hydrogen-bond acceptors (Lipinski definition) is 4. The Kier molecular flexibility index (Phi) is 5.30. The summed E-state index contributed by atoms with van der Waals surface area (Å²) in [7, 11) is -2.13. The Balaban J connectivity index is 2.29. The fourth-order valence-electron chi connectivity index (χ4n) is 1.96. The minimum Gasteiger partial charge on any atom is -0.494 e. The Bertz CT molecular complexity index is 867. The third kappa shape index (κ3) is 4.36. The van der Waals surface area contributed by atoms with Gasteiger partial charge in [-0.15, -0.1) is 0 Å². The van der Waals surface area contributed by atoms with E-state index in [2.05, 4.69) is 10.0 Å². The molecule has 1 amide bonds. The summed E-state index contributed by atoms with van der Waals surface area (Å²) in [5.41, 5.74) is 0.216. The maximum atomic E-state index is 13.8. The van der Waals surface area contributed by atoms with Gasteiger partial charge in [-0.05, 0) is 24.3 Å². The zero-order valence-corrected chi connectivity index (χ0v) is 14.3. The Hall–Kier alpha value is -2.32. The first-order valence-electron chi connectivity index (χ1n) is 6.62. The molecular formula is C15H14ClFN2O4S. The summed E-state index contributed by atoms with van der Waals surface area (Å²) in [4.78, 5) is 12.2. The Morgan fingerprint density at radius 2 is 1.96 bits per heavy atom. The highest BCUT2D eigenvalue weighted by molar-refractivity contribution is 7.92. The van der Waals surface area contributed by atoms with Crippen LogP contribution in [0.2, 0.25) is 5.02 Å². The first-order valence-corrected chi connectivity index (χ1v) is 8.89. The lowest BCUT2D eigenvalue weighted by atomic mass is 10.2. The predicted octanol–water partition coefficient (Wildman–Crippen LogP) is 3.11. The molecule has 128 valence electrons. The van der Waals surface area contributed by atoms with Crippen molar-refractivity contribution in [1.29, 1.82) is 0 Å². The average Bonchev–Trinajstić information content (AvgIpc) is 2.47. The maximum Gasteiger partial charge on any atom is 0.260 e. The molecule has 0 unspecified atom stereocenters. The van der Waals surface area contributed by atoms with E-state index >= 15 is 0 Å². The number of benzene rings is 2. The van der Waals surface area contributed by atoms with Gasteiger partial charge in [-0.2, -0.15) is 0 Å². The van der Waals surface area contributed by atoms with E-state index in [1.54, 1.807) is 0 Å². The van der Waals surface area contributed by atoms with Crippen molar-refractivity contribution in [2.75, 3.05) is 23.4 Å².